The fraction of sp³-hybridized carbons (Fsp3) is 0.429. The number of aliphatic imine (C=N–C) groups is 1. The highest BCUT2D eigenvalue weighted by atomic mass is 127. The molecule has 1 fully saturated rings. The van der Waals surface area contributed by atoms with Crippen LogP contribution >= 0.6 is 35.6 Å². The molecule has 0 atom stereocenters. The van der Waals surface area contributed by atoms with E-state index in [0.717, 1.165) is 17.9 Å². The predicted molar refractivity (Wildman–Crippen MR) is 129 cm³/mol. The van der Waals surface area contributed by atoms with Gasteiger partial charge in [-0.15, -0.1) is 24.0 Å². The van der Waals surface area contributed by atoms with Crippen LogP contribution in [-0.2, 0) is 6.42 Å². The third-order valence-corrected chi connectivity index (χ3v) is 5.44. The van der Waals surface area contributed by atoms with Crippen LogP contribution in [0.3, 0.4) is 0 Å². The second-order valence-corrected chi connectivity index (χ2v) is 7.49. The van der Waals surface area contributed by atoms with Crippen molar-refractivity contribution in [3.8, 4) is 11.5 Å². The number of guanidine groups is 1. The molecule has 1 aromatic carbocycles. The van der Waals surface area contributed by atoms with Crippen molar-refractivity contribution in [3.63, 3.8) is 0 Å². The molecule has 31 heavy (non-hydrogen) atoms. The van der Waals surface area contributed by atoms with Gasteiger partial charge >= 0.3 is 0 Å². The standard InChI is InChI=1S/C21H25ClN4O4.HI/c1-23-21(26-8-6-25(7-9-26)20(27)17-3-2-10-28-17)24-5-4-15-13-16(22)19-18(14-15)29-11-12-30-19;/h2-3,10,13-14H,4-9,11-12H2,1H3,(H,23,24);1H. The number of nitrogens with zero attached hydrogens (tertiary/aromatic N) is 3. The van der Waals surface area contributed by atoms with Crippen LogP contribution in [0.2, 0.25) is 5.02 Å². The molecule has 0 unspecified atom stereocenters. The van der Waals surface area contributed by atoms with Gasteiger partial charge in [0.25, 0.3) is 5.91 Å². The van der Waals surface area contributed by atoms with Gasteiger partial charge in [0, 0.05) is 39.8 Å². The van der Waals surface area contributed by atoms with Gasteiger partial charge in [-0.25, -0.2) is 0 Å². The molecule has 8 nitrogen and oxygen atoms in total. The number of amides is 1. The summed E-state index contributed by atoms with van der Waals surface area (Å²) in [5.41, 5.74) is 1.07. The van der Waals surface area contributed by atoms with Crippen molar-refractivity contribution in [1.29, 1.82) is 0 Å². The molecular formula is C21H26ClIN4O4. The summed E-state index contributed by atoms with van der Waals surface area (Å²) in [4.78, 5) is 20.8. The first kappa shape index (κ1) is 23.5. The second kappa shape index (κ2) is 10.9. The van der Waals surface area contributed by atoms with E-state index in [1.165, 1.54) is 6.26 Å². The summed E-state index contributed by atoms with van der Waals surface area (Å²) in [6.07, 6.45) is 2.29. The normalized spacial score (nSPS) is 16.0. The molecule has 3 heterocycles. The number of halogens is 2. The molecule has 0 bridgehead atoms. The largest absolute Gasteiger partial charge is 0.486 e. The molecule has 1 aromatic heterocycles. The summed E-state index contributed by atoms with van der Waals surface area (Å²) in [6, 6.07) is 7.31. The maximum atomic E-state index is 12.4. The molecule has 0 radical (unpaired) electrons. The number of hydrogen-bond acceptors (Lipinski definition) is 5. The molecule has 0 spiro atoms. The summed E-state index contributed by atoms with van der Waals surface area (Å²) >= 11 is 6.32. The molecule has 1 amide bonds. The number of piperazine rings is 1. The lowest BCUT2D eigenvalue weighted by atomic mass is 10.1. The molecule has 2 aliphatic heterocycles. The Labute approximate surface area is 203 Å². The average Bonchev–Trinajstić information content (AvgIpc) is 3.31. The Balaban J connectivity index is 0.00000272. The summed E-state index contributed by atoms with van der Waals surface area (Å²) in [7, 11) is 1.77. The van der Waals surface area contributed by atoms with E-state index in [0.29, 0.717) is 68.2 Å². The van der Waals surface area contributed by atoms with Crippen molar-refractivity contribution in [2.45, 2.75) is 6.42 Å². The van der Waals surface area contributed by atoms with E-state index in [9.17, 15) is 4.79 Å². The number of hydrogen-bond donors (Lipinski definition) is 1. The van der Waals surface area contributed by atoms with Gasteiger partial charge in [0.15, 0.2) is 23.2 Å². The number of ether oxygens (including phenoxy) is 2. The molecule has 1 saturated heterocycles. The summed E-state index contributed by atoms with van der Waals surface area (Å²) in [5.74, 6) is 2.45. The van der Waals surface area contributed by atoms with Gasteiger partial charge in [0.2, 0.25) is 0 Å². The fourth-order valence-corrected chi connectivity index (χ4v) is 3.92. The third kappa shape index (κ3) is 5.57. The first-order valence-electron chi connectivity index (χ1n) is 10.0. The van der Waals surface area contributed by atoms with Crippen molar-refractivity contribution in [2.24, 2.45) is 4.99 Å². The molecule has 0 aliphatic carbocycles. The van der Waals surface area contributed by atoms with Crippen LogP contribution in [0.5, 0.6) is 11.5 Å². The summed E-state index contributed by atoms with van der Waals surface area (Å²) in [6.45, 7) is 4.42. The Kier molecular flexibility index (Phi) is 8.30. The monoisotopic (exact) mass is 560 g/mol. The lowest BCUT2D eigenvalue weighted by molar-refractivity contribution is 0.0658. The van der Waals surface area contributed by atoms with Crippen molar-refractivity contribution in [1.82, 2.24) is 15.1 Å². The molecular weight excluding hydrogens is 535 g/mol. The van der Waals surface area contributed by atoms with Crippen LogP contribution in [0.15, 0.2) is 39.9 Å². The molecule has 2 aromatic rings. The maximum Gasteiger partial charge on any atom is 0.289 e. The molecule has 168 valence electrons. The zero-order chi connectivity index (χ0) is 20.9. The zero-order valence-electron chi connectivity index (χ0n) is 17.3. The Morgan fingerprint density at radius 1 is 1.16 bits per heavy atom. The van der Waals surface area contributed by atoms with Gasteiger partial charge in [-0.1, -0.05) is 11.6 Å². The van der Waals surface area contributed by atoms with Gasteiger partial charge in [0.1, 0.15) is 13.2 Å². The van der Waals surface area contributed by atoms with Crippen LogP contribution in [0, 0.1) is 0 Å². The van der Waals surface area contributed by atoms with E-state index >= 15 is 0 Å². The van der Waals surface area contributed by atoms with Crippen molar-refractivity contribution in [2.75, 3.05) is 53.0 Å². The second-order valence-electron chi connectivity index (χ2n) is 7.08. The lowest BCUT2D eigenvalue weighted by Gasteiger charge is -2.36. The lowest BCUT2D eigenvalue weighted by Crippen LogP contribution is -2.54. The third-order valence-electron chi connectivity index (χ3n) is 5.16. The van der Waals surface area contributed by atoms with E-state index in [1.807, 2.05) is 12.1 Å². The highest BCUT2D eigenvalue weighted by molar-refractivity contribution is 14.0. The van der Waals surface area contributed by atoms with Crippen LogP contribution in [-0.4, -0.2) is 74.7 Å². The smallest absolute Gasteiger partial charge is 0.289 e. The topological polar surface area (TPSA) is 79.5 Å². The number of fused-ring (bicyclic) bond motifs is 1. The van der Waals surface area contributed by atoms with Crippen LogP contribution in [0.1, 0.15) is 16.1 Å². The molecule has 1 N–H and O–H groups in total. The summed E-state index contributed by atoms with van der Waals surface area (Å²) < 4.78 is 16.4. The highest BCUT2D eigenvalue weighted by Gasteiger charge is 2.25. The van der Waals surface area contributed by atoms with E-state index in [4.69, 9.17) is 25.5 Å². The van der Waals surface area contributed by atoms with E-state index in [-0.39, 0.29) is 29.9 Å². The van der Waals surface area contributed by atoms with Crippen molar-refractivity contribution >= 4 is 47.4 Å². The number of carbonyl (C=O) groups is 1. The van der Waals surface area contributed by atoms with Gasteiger partial charge in [-0.2, -0.15) is 0 Å². The summed E-state index contributed by atoms with van der Waals surface area (Å²) in [5, 5.41) is 3.97. The average molecular weight is 561 g/mol. The van der Waals surface area contributed by atoms with E-state index in [1.54, 1.807) is 24.1 Å². The fourth-order valence-electron chi connectivity index (χ4n) is 3.64. The Bertz CT molecular complexity index is 914. The highest BCUT2D eigenvalue weighted by Crippen LogP contribution is 2.38. The minimum absolute atomic E-state index is 0. The van der Waals surface area contributed by atoms with Gasteiger partial charge < -0.3 is 29.0 Å². The van der Waals surface area contributed by atoms with Crippen molar-refractivity contribution in [3.05, 3.63) is 46.9 Å². The Morgan fingerprint density at radius 2 is 1.90 bits per heavy atom. The Morgan fingerprint density at radius 3 is 2.61 bits per heavy atom. The van der Waals surface area contributed by atoms with Gasteiger partial charge in [-0.05, 0) is 36.2 Å². The van der Waals surface area contributed by atoms with E-state index < -0.39 is 0 Å². The zero-order valence-corrected chi connectivity index (χ0v) is 20.4. The van der Waals surface area contributed by atoms with Crippen LogP contribution < -0.4 is 14.8 Å². The van der Waals surface area contributed by atoms with Crippen LogP contribution in [0.4, 0.5) is 0 Å². The van der Waals surface area contributed by atoms with Crippen molar-refractivity contribution < 1.29 is 18.7 Å². The molecule has 10 heteroatoms. The van der Waals surface area contributed by atoms with Gasteiger partial charge in [0.05, 0.1) is 11.3 Å². The Hall–Kier alpha value is -2.14. The van der Waals surface area contributed by atoms with Crippen LogP contribution in [0.25, 0.3) is 0 Å². The first-order chi connectivity index (χ1) is 14.7. The molecule has 4 rings (SSSR count). The minimum atomic E-state index is -0.0712. The molecule has 0 saturated carbocycles. The number of rotatable bonds is 4. The number of benzene rings is 1. The maximum absolute atomic E-state index is 12.4. The number of nitrogens with one attached hydrogen (secondary N) is 1. The van der Waals surface area contributed by atoms with Gasteiger partial charge in [-0.3, -0.25) is 9.79 Å². The first-order valence-corrected chi connectivity index (χ1v) is 10.4. The SMILES string of the molecule is CN=C(NCCc1cc(Cl)c2c(c1)OCCO2)N1CCN(C(=O)c2ccco2)CC1.I. The predicted octanol–water partition coefficient (Wildman–Crippen LogP) is 2.90. The minimum Gasteiger partial charge on any atom is -0.486 e. The molecule has 2 aliphatic rings. The number of furan rings is 1. The van der Waals surface area contributed by atoms with E-state index in [2.05, 4.69) is 15.2 Å². The quantitative estimate of drug-likeness (QED) is 0.352. The number of carbonyl (C=O) groups excluding carboxylic acids is 1.